The third-order valence-corrected chi connectivity index (χ3v) is 8.56. The molecule has 14 nitrogen and oxygen atoms in total. The highest BCUT2D eigenvalue weighted by molar-refractivity contribution is 5.97. The van der Waals surface area contributed by atoms with Crippen molar-refractivity contribution >= 4 is 52.9 Å². The van der Waals surface area contributed by atoms with Gasteiger partial charge in [0, 0.05) is 70.5 Å². The van der Waals surface area contributed by atoms with Crippen molar-refractivity contribution in [3.63, 3.8) is 0 Å². The number of halogens is 1. The molecule has 51 heavy (non-hydrogen) atoms. The van der Waals surface area contributed by atoms with Crippen molar-refractivity contribution in [2.45, 2.75) is 26.8 Å². The van der Waals surface area contributed by atoms with Crippen molar-refractivity contribution in [1.82, 2.24) is 34.4 Å². The Morgan fingerprint density at radius 2 is 1.63 bits per heavy atom. The summed E-state index contributed by atoms with van der Waals surface area (Å²) in [6, 6.07) is 15.1. The Balaban J connectivity index is 0.00000583. The minimum Gasteiger partial charge on any atom is -0.494 e. The number of hydrogen-bond donors (Lipinski definition) is 0. The van der Waals surface area contributed by atoms with Crippen LogP contribution in [0.1, 0.15) is 36.2 Å². The summed E-state index contributed by atoms with van der Waals surface area (Å²) in [4.78, 5) is 57.1. The standard InChI is InChI=1S/C36H47N9O5.ClH/c1-6-49-30-10-8-9-27(23-30)25-45-34-31(24-39-45)33(37-26-38-34)42-18-20-43(21-19-42)35(47)28-11-13-29(14-12-28)44(22-17-40(3)4)32(46)15-16-41(5)36(48)50-7-2;/h8-14,23-24,26H,6-7,15-22,25H2,1-5H3;1H. The first-order valence-corrected chi connectivity index (χ1v) is 17.0. The number of carbonyl (C=O) groups excluding carboxylic acids is 3. The van der Waals surface area contributed by atoms with Crippen LogP contribution in [0, 0.1) is 0 Å². The summed E-state index contributed by atoms with van der Waals surface area (Å²) in [6.07, 6.45) is 3.06. The summed E-state index contributed by atoms with van der Waals surface area (Å²) in [5.74, 6) is 1.45. The number of nitrogens with zero attached hydrogens (tertiary/aromatic N) is 9. The van der Waals surface area contributed by atoms with E-state index in [9.17, 15) is 14.4 Å². The van der Waals surface area contributed by atoms with E-state index in [4.69, 9.17) is 9.47 Å². The van der Waals surface area contributed by atoms with Gasteiger partial charge in [-0.2, -0.15) is 5.10 Å². The minimum atomic E-state index is -0.457. The molecule has 0 aliphatic carbocycles. The van der Waals surface area contributed by atoms with Crippen molar-refractivity contribution in [2.24, 2.45) is 0 Å². The molecule has 15 heteroatoms. The van der Waals surface area contributed by atoms with E-state index in [0.717, 1.165) is 28.2 Å². The van der Waals surface area contributed by atoms with E-state index in [2.05, 4.69) is 20.0 Å². The van der Waals surface area contributed by atoms with E-state index in [-0.39, 0.29) is 43.8 Å². The van der Waals surface area contributed by atoms with Gasteiger partial charge in [0.15, 0.2) is 5.65 Å². The van der Waals surface area contributed by atoms with Gasteiger partial charge in [0.25, 0.3) is 5.91 Å². The third-order valence-electron chi connectivity index (χ3n) is 8.56. The van der Waals surface area contributed by atoms with Gasteiger partial charge in [-0.15, -0.1) is 12.4 Å². The van der Waals surface area contributed by atoms with E-state index in [0.29, 0.717) is 63.7 Å². The minimum absolute atomic E-state index is 0. The molecule has 2 aromatic heterocycles. The summed E-state index contributed by atoms with van der Waals surface area (Å²) in [6.45, 7) is 8.81. The second-order valence-electron chi connectivity index (χ2n) is 12.4. The maximum Gasteiger partial charge on any atom is 0.409 e. The average molecular weight is 722 g/mol. The zero-order chi connectivity index (χ0) is 35.6. The number of rotatable bonds is 14. The number of aromatic nitrogens is 4. The zero-order valence-electron chi connectivity index (χ0n) is 30.0. The summed E-state index contributed by atoms with van der Waals surface area (Å²) >= 11 is 0. The van der Waals surface area contributed by atoms with E-state index < -0.39 is 6.09 Å². The molecule has 0 bridgehead atoms. The van der Waals surface area contributed by atoms with Crippen LogP contribution in [0.3, 0.4) is 0 Å². The van der Waals surface area contributed by atoms with Crippen LogP contribution in [0.5, 0.6) is 5.75 Å². The Labute approximate surface area is 305 Å². The van der Waals surface area contributed by atoms with Crippen molar-refractivity contribution in [3.05, 3.63) is 72.2 Å². The van der Waals surface area contributed by atoms with Crippen molar-refractivity contribution in [1.29, 1.82) is 0 Å². The molecular formula is C36H48ClN9O5. The van der Waals surface area contributed by atoms with Gasteiger partial charge in [-0.3, -0.25) is 9.59 Å². The van der Waals surface area contributed by atoms with Gasteiger partial charge >= 0.3 is 6.09 Å². The molecular weight excluding hydrogens is 674 g/mol. The fourth-order valence-corrected chi connectivity index (χ4v) is 5.83. The number of carbonyl (C=O) groups is 3. The first-order valence-electron chi connectivity index (χ1n) is 17.0. The van der Waals surface area contributed by atoms with Crippen LogP contribution in [0.25, 0.3) is 11.0 Å². The molecule has 1 saturated heterocycles. The molecule has 1 fully saturated rings. The lowest BCUT2D eigenvalue weighted by atomic mass is 10.1. The van der Waals surface area contributed by atoms with Crippen molar-refractivity contribution in [3.8, 4) is 5.75 Å². The molecule has 0 spiro atoms. The smallest absolute Gasteiger partial charge is 0.409 e. The van der Waals surface area contributed by atoms with Gasteiger partial charge in [-0.05, 0) is 69.9 Å². The molecule has 0 saturated carbocycles. The number of amides is 3. The molecule has 274 valence electrons. The van der Waals surface area contributed by atoms with Gasteiger partial charge in [-0.25, -0.2) is 19.4 Å². The van der Waals surface area contributed by atoms with E-state index in [1.54, 1.807) is 43.5 Å². The molecule has 1 aliphatic rings. The predicted octanol–water partition coefficient (Wildman–Crippen LogP) is 4.03. The van der Waals surface area contributed by atoms with E-state index in [1.807, 2.05) is 71.9 Å². The largest absolute Gasteiger partial charge is 0.494 e. The first kappa shape index (κ1) is 38.8. The molecule has 4 aromatic rings. The summed E-state index contributed by atoms with van der Waals surface area (Å²) in [7, 11) is 5.51. The van der Waals surface area contributed by atoms with Crippen molar-refractivity contribution in [2.75, 3.05) is 90.0 Å². The van der Waals surface area contributed by atoms with Gasteiger partial charge < -0.3 is 34.0 Å². The number of piperazine rings is 1. The SMILES string of the molecule is CCOC(=O)N(C)CCC(=O)N(CCN(C)C)c1ccc(C(=O)N2CCN(c3ncnc4c3cnn4Cc3cccc(OCC)c3)CC2)cc1.Cl. The van der Waals surface area contributed by atoms with Crippen LogP contribution < -0.4 is 14.5 Å². The van der Waals surface area contributed by atoms with Crippen LogP contribution in [0.2, 0.25) is 0 Å². The quantitative estimate of drug-likeness (QED) is 0.188. The Hall–Kier alpha value is -4.95. The molecule has 0 radical (unpaired) electrons. The molecule has 0 unspecified atom stereocenters. The lowest BCUT2D eigenvalue weighted by Gasteiger charge is -2.35. The van der Waals surface area contributed by atoms with Crippen LogP contribution in [-0.4, -0.2) is 133 Å². The second-order valence-corrected chi connectivity index (χ2v) is 12.4. The number of anilines is 2. The van der Waals surface area contributed by atoms with E-state index >= 15 is 0 Å². The normalized spacial score (nSPS) is 12.8. The Bertz CT molecular complexity index is 1760. The van der Waals surface area contributed by atoms with Gasteiger partial charge in [0.05, 0.1) is 31.3 Å². The van der Waals surface area contributed by atoms with Gasteiger partial charge in [0.1, 0.15) is 17.9 Å². The van der Waals surface area contributed by atoms with Crippen LogP contribution >= 0.6 is 12.4 Å². The molecule has 0 N–H and O–H groups in total. The zero-order valence-corrected chi connectivity index (χ0v) is 30.8. The van der Waals surface area contributed by atoms with Crippen LogP contribution in [0.4, 0.5) is 16.3 Å². The molecule has 1 aliphatic heterocycles. The van der Waals surface area contributed by atoms with E-state index in [1.165, 1.54) is 4.90 Å². The first-order chi connectivity index (χ1) is 24.2. The van der Waals surface area contributed by atoms with Gasteiger partial charge in [0.2, 0.25) is 5.91 Å². The molecule has 3 heterocycles. The van der Waals surface area contributed by atoms with Crippen molar-refractivity contribution < 1.29 is 23.9 Å². The summed E-state index contributed by atoms with van der Waals surface area (Å²) in [5.41, 5.74) is 3.07. The number of likely N-dealkylation sites (N-methyl/N-ethyl adjacent to an activating group) is 1. The summed E-state index contributed by atoms with van der Waals surface area (Å²) < 4.78 is 12.5. The predicted molar refractivity (Wildman–Crippen MR) is 199 cm³/mol. The molecule has 2 aromatic carbocycles. The monoisotopic (exact) mass is 721 g/mol. The molecule has 3 amide bonds. The fourth-order valence-electron chi connectivity index (χ4n) is 5.83. The Morgan fingerprint density at radius 3 is 2.31 bits per heavy atom. The topological polar surface area (TPSA) is 129 Å². The second kappa shape index (κ2) is 18.3. The maximum absolute atomic E-state index is 13.5. The number of benzene rings is 2. The number of ether oxygens (including phenoxy) is 2. The summed E-state index contributed by atoms with van der Waals surface area (Å²) in [5, 5.41) is 5.49. The Kier molecular flexibility index (Phi) is 14.0. The highest BCUT2D eigenvalue weighted by Crippen LogP contribution is 2.26. The number of hydrogen-bond acceptors (Lipinski definition) is 10. The van der Waals surface area contributed by atoms with Gasteiger partial charge in [-0.1, -0.05) is 12.1 Å². The average Bonchev–Trinajstić information content (AvgIpc) is 3.53. The fraction of sp³-hybridized carbons (Fsp3) is 0.444. The Morgan fingerprint density at radius 1 is 0.882 bits per heavy atom. The lowest BCUT2D eigenvalue weighted by molar-refractivity contribution is -0.118. The van der Waals surface area contributed by atoms with Crippen LogP contribution in [0.15, 0.2) is 61.1 Å². The number of fused-ring (bicyclic) bond motifs is 1. The van der Waals surface area contributed by atoms with Crippen LogP contribution in [-0.2, 0) is 16.1 Å². The maximum atomic E-state index is 13.5. The lowest BCUT2D eigenvalue weighted by Crippen LogP contribution is -2.49. The molecule has 5 rings (SSSR count). The third kappa shape index (κ3) is 9.85. The molecule has 0 atom stereocenters. The highest BCUT2D eigenvalue weighted by Gasteiger charge is 2.26. The highest BCUT2D eigenvalue weighted by atomic mass is 35.5.